The van der Waals surface area contributed by atoms with E-state index in [0.29, 0.717) is 38.5 Å². The molecule has 3 saturated carbocycles. The Kier molecular flexibility index (Phi) is 6.85. The van der Waals surface area contributed by atoms with Crippen LogP contribution in [-0.4, -0.2) is 61.2 Å². The maximum Gasteiger partial charge on any atom is 0.302 e. The number of rotatable bonds is 6. The first-order chi connectivity index (χ1) is 16.5. The van der Waals surface area contributed by atoms with Gasteiger partial charge in [-0.25, -0.2) is 0 Å². The fourth-order valence-corrected chi connectivity index (χ4v) is 8.60. The first kappa shape index (κ1) is 27.7. The molecule has 0 saturated heterocycles. The largest absolute Gasteiger partial charge is 0.463 e. The zero-order valence-corrected chi connectivity index (χ0v) is 22.8. The second-order valence-corrected chi connectivity index (χ2v) is 13.6. The van der Waals surface area contributed by atoms with Crippen LogP contribution in [0.2, 0.25) is 0 Å². The average molecular weight is 507 g/mol. The fourth-order valence-electron chi connectivity index (χ4n) is 8.60. The van der Waals surface area contributed by atoms with Crippen molar-refractivity contribution in [2.24, 2.45) is 28.6 Å². The molecule has 0 radical (unpaired) electrons. The van der Waals surface area contributed by atoms with Crippen LogP contribution in [0, 0.1) is 28.6 Å². The minimum absolute atomic E-state index is 0.00120. The summed E-state index contributed by atoms with van der Waals surface area (Å²) in [6.07, 6.45) is 5.48. The molecule has 0 aliphatic heterocycles. The minimum atomic E-state index is -1.44. The van der Waals surface area contributed by atoms with E-state index in [-0.39, 0.29) is 47.4 Å². The number of fused-ring (bicyclic) bond motifs is 5. The van der Waals surface area contributed by atoms with E-state index >= 15 is 0 Å². The van der Waals surface area contributed by atoms with E-state index in [9.17, 15) is 30.0 Å². The number of ketones is 1. The van der Waals surface area contributed by atoms with E-state index in [1.807, 2.05) is 6.92 Å². The van der Waals surface area contributed by atoms with Crippen molar-refractivity contribution in [3.63, 3.8) is 0 Å². The normalized spacial score (nSPS) is 42.9. The lowest BCUT2D eigenvalue weighted by Crippen LogP contribution is -2.62. The van der Waals surface area contributed by atoms with Gasteiger partial charge in [-0.2, -0.15) is 0 Å². The molecule has 7 heteroatoms. The summed E-state index contributed by atoms with van der Waals surface area (Å²) in [7, 11) is 0. The molecule has 9 atom stereocenters. The van der Waals surface area contributed by atoms with Crippen LogP contribution in [0.1, 0.15) is 99.3 Å². The summed E-state index contributed by atoms with van der Waals surface area (Å²) in [4.78, 5) is 25.0. The van der Waals surface area contributed by atoms with Crippen molar-refractivity contribution in [2.45, 2.75) is 128 Å². The number of aliphatic hydroxyl groups excluding tert-OH is 1. The molecule has 0 aromatic carbocycles. The number of carbonyl (C=O) groups is 2. The minimum Gasteiger partial charge on any atom is -0.463 e. The lowest BCUT2D eigenvalue weighted by atomic mass is 9.46. The number of aliphatic hydroxyl groups is 4. The van der Waals surface area contributed by atoms with Crippen LogP contribution >= 0.6 is 0 Å². The lowest BCUT2D eigenvalue weighted by molar-refractivity contribution is -0.174. The molecule has 0 amide bonds. The third-order valence-electron chi connectivity index (χ3n) is 10.8. The summed E-state index contributed by atoms with van der Waals surface area (Å²) >= 11 is 0. The first-order valence-electron chi connectivity index (χ1n) is 13.7. The highest BCUT2D eigenvalue weighted by molar-refractivity contribution is 5.95. The van der Waals surface area contributed by atoms with Crippen LogP contribution in [0.4, 0.5) is 0 Å². The second-order valence-electron chi connectivity index (χ2n) is 13.6. The van der Waals surface area contributed by atoms with Gasteiger partial charge in [0.05, 0.1) is 22.9 Å². The van der Waals surface area contributed by atoms with Crippen molar-refractivity contribution in [1.82, 2.24) is 0 Å². The molecule has 204 valence electrons. The van der Waals surface area contributed by atoms with Crippen LogP contribution in [0.15, 0.2) is 11.6 Å². The molecule has 0 unspecified atom stereocenters. The Morgan fingerprint density at radius 3 is 2.39 bits per heavy atom. The molecular formula is C29H46O7. The Balaban J connectivity index is 1.62. The molecule has 4 aliphatic carbocycles. The highest BCUT2D eigenvalue weighted by atomic mass is 16.5. The van der Waals surface area contributed by atoms with Crippen LogP contribution in [-0.2, 0) is 14.3 Å². The maximum absolute atomic E-state index is 13.5. The van der Waals surface area contributed by atoms with E-state index in [2.05, 4.69) is 6.92 Å². The molecule has 4 aliphatic rings. The van der Waals surface area contributed by atoms with E-state index < -0.39 is 28.3 Å². The Hall–Kier alpha value is -1.28. The van der Waals surface area contributed by atoms with E-state index in [1.165, 1.54) is 6.92 Å². The SMILES string of the molecule is CC(=O)O[C@H]1CC[C@@]2(C)[C@@H](C1)C(=O)C=C1[C@@H]2CC[C@]2(C)[C@H]([C@@](C)(O)[C@@H](O)CCC(C)(C)O)CC[C@@]12O. The molecule has 3 fully saturated rings. The van der Waals surface area contributed by atoms with Gasteiger partial charge in [0.15, 0.2) is 5.78 Å². The molecule has 0 bridgehead atoms. The molecular weight excluding hydrogens is 460 g/mol. The number of allylic oxidation sites excluding steroid dienone is 1. The van der Waals surface area contributed by atoms with Gasteiger partial charge in [-0.1, -0.05) is 13.8 Å². The number of hydrogen-bond donors (Lipinski definition) is 4. The topological polar surface area (TPSA) is 124 Å². The highest BCUT2D eigenvalue weighted by Crippen LogP contribution is 2.68. The molecule has 0 heterocycles. The smallest absolute Gasteiger partial charge is 0.302 e. The van der Waals surface area contributed by atoms with Gasteiger partial charge in [0.25, 0.3) is 0 Å². The Morgan fingerprint density at radius 1 is 1.11 bits per heavy atom. The predicted molar refractivity (Wildman–Crippen MR) is 135 cm³/mol. The van der Waals surface area contributed by atoms with Crippen LogP contribution < -0.4 is 0 Å². The van der Waals surface area contributed by atoms with E-state index in [4.69, 9.17) is 4.74 Å². The zero-order chi connectivity index (χ0) is 26.9. The summed E-state index contributed by atoms with van der Waals surface area (Å²) in [5, 5.41) is 45.0. The molecule has 4 rings (SSSR count). The third-order valence-corrected chi connectivity index (χ3v) is 10.8. The zero-order valence-electron chi connectivity index (χ0n) is 22.8. The summed E-state index contributed by atoms with van der Waals surface area (Å²) < 4.78 is 5.46. The monoisotopic (exact) mass is 506 g/mol. The standard InChI is InChI=1S/C29H46O7/c1-17(30)36-18-7-12-26(4)19-8-13-27(5)23(28(6,34)24(32)10-11-25(2,3)33)9-14-29(27,35)20(19)16-22(31)21(26)15-18/h16,18-19,21,23-24,32-35H,7-15H2,1-6H3/t18-,19-,21-,23+,24-,26+,27+,28+,29+/m0/s1. The number of carbonyl (C=O) groups excluding carboxylic acids is 2. The molecule has 0 aromatic rings. The van der Waals surface area contributed by atoms with Gasteiger partial charge in [0.2, 0.25) is 0 Å². The first-order valence-corrected chi connectivity index (χ1v) is 13.7. The summed E-state index contributed by atoms with van der Waals surface area (Å²) in [5.74, 6) is -0.853. The molecule has 0 aromatic heterocycles. The van der Waals surface area contributed by atoms with E-state index in [0.717, 1.165) is 18.4 Å². The van der Waals surface area contributed by atoms with Crippen molar-refractivity contribution in [3.05, 3.63) is 11.6 Å². The van der Waals surface area contributed by atoms with Gasteiger partial charge < -0.3 is 25.2 Å². The molecule has 0 spiro atoms. The van der Waals surface area contributed by atoms with E-state index in [1.54, 1.807) is 26.8 Å². The van der Waals surface area contributed by atoms with Crippen LogP contribution in [0.25, 0.3) is 0 Å². The van der Waals surface area contributed by atoms with Crippen LogP contribution in [0.5, 0.6) is 0 Å². The second kappa shape index (κ2) is 8.89. The van der Waals surface area contributed by atoms with Gasteiger partial charge >= 0.3 is 5.97 Å². The van der Waals surface area contributed by atoms with Crippen molar-refractivity contribution in [2.75, 3.05) is 0 Å². The summed E-state index contributed by atoms with van der Waals surface area (Å²) in [6, 6.07) is 0. The Morgan fingerprint density at radius 2 is 1.78 bits per heavy atom. The predicted octanol–water partition coefficient (Wildman–Crippen LogP) is 3.45. The molecule has 4 N–H and O–H groups in total. The third kappa shape index (κ3) is 4.28. The lowest BCUT2D eigenvalue weighted by Gasteiger charge is -2.60. The van der Waals surface area contributed by atoms with Crippen molar-refractivity contribution >= 4 is 11.8 Å². The van der Waals surface area contributed by atoms with Gasteiger partial charge in [-0.15, -0.1) is 0 Å². The van der Waals surface area contributed by atoms with Gasteiger partial charge in [-0.05, 0) is 107 Å². The van der Waals surface area contributed by atoms with Crippen molar-refractivity contribution < 1.29 is 34.8 Å². The number of ether oxygens (including phenoxy) is 1. The number of hydrogen-bond acceptors (Lipinski definition) is 7. The quantitative estimate of drug-likeness (QED) is 0.407. The van der Waals surface area contributed by atoms with Crippen LogP contribution in [0.3, 0.4) is 0 Å². The average Bonchev–Trinajstić information content (AvgIpc) is 3.04. The Labute approximate surface area is 215 Å². The number of esters is 1. The molecule has 7 nitrogen and oxygen atoms in total. The molecule has 36 heavy (non-hydrogen) atoms. The van der Waals surface area contributed by atoms with Crippen molar-refractivity contribution in [3.8, 4) is 0 Å². The van der Waals surface area contributed by atoms with Crippen molar-refractivity contribution in [1.29, 1.82) is 0 Å². The van der Waals surface area contributed by atoms with Gasteiger partial charge in [0.1, 0.15) is 6.10 Å². The maximum atomic E-state index is 13.5. The fraction of sp³-hybridized carbons (Fsp3) is 0.862. The summed E-state index contributed by atoms with van der Waals surface area (Å²) in [6.45, 7) is 10.6. The van der Waals surface area contributed by atoms with Gasteiger partial charge in [-0.3, -0.25) is 9.59 Å². The van der Waals surface area contributed by atoms with Gasteiger partial charge in [0, 0.05) is 18.3 Å². The summed E-state index contributed by atoms with van der Waals surface area (Å²) in [5.41, 5.74) is -3.80. The Bertz CT molecular complexity index is 932. The highest BCUT2D eigenvalue weighted by Gasteiger charge is 2.68.